The minimum atomic E-state index is -0.968. The van der Waals surface area contributed by atoms with Gasteiger partial charge in [0, 0.05) is 12.5 Å². The Kier molecular flexibility index (Phi) is 3.75. The molecule has 1 aromatic carbocycles. The van der Waals surface area contributed by atoms with Crippen molar-refractivity contribution < 1.29 is 23.1 Å². The van der Waals surface area contributed by atoms with Gasteiger partial charge >= 0.3 is 6.09 Å². The monoisotopic (exact) mass is 311 g/mol. The van der Waals surface area contributed by atoms with Crippen molar-refractivity contribution in [1.29, 1.82) is 0 Å². The number of rotatable bonds is 0. The van der Waals surface area contributed by atoms with Gasteiger partial charge in [-0.2, -0.15) is 0 Å². The van der Waals surface area contributed by atoms with E-state index in [-0.39, 0.29) is 17.7 Å². The highest BCUT2D eigenvalue weighted by molar-refractivity contribution is 6.09. The van der Waals surface area contributed by atoms with Gasteiger partial charge < -0.3 is 4.74 Å². The number of hydrogen-bond acceptors (Lipinski definition) is 3. The summed E-state index contributed by atoms with van der Waals surface area (Å²) in [5.41, 5.74) is -2.06. The molecule has 1 aliphatic heterocycles. The number of Topliss-reactive ketones (excluding diaryl/α,β-unsaturated/α-hetero) is 1. The van der Waals surface area contributed by atoms with Gasteiger partial charge in [-0.1, -0.05) is 0 Å². The Hall–Kier alpha value is -1.98. The first-order valence-electron chi connectivity index (χ1n) is 6.98. The second-order valence-electron chi connectivity index (χ2n) is 7.01. The van der Waals surface area contributed by atoms with Crippen LogP contribution in [-0.2, 0) is 4.74 Å². The Morgan fingerprint density at radius 1 is 1.27 bits per heavy atom. The van der Waals surface area contributed by atoms with Crippen LogP contribution in [0.1, 0.15) is 51.4 Å². The summed E-state index contributed by atoms with van der Waals surface area (Å²) in [7, 11) is 0. The average Bonchev–Trinajstić information content (AvgIpc) is 2.21. The van der Waals surface area contributed by atoms with E-state index in [1.54, 1.807) is 34.6 Å². The van der Waals surface area contributed by atoms with Crippen LogP contribution in [0.3, 0.4) is 0 Å². The molecule has 1 aliphatic rings. The zero-order valence-electron chi connectivity index (χ0n) is 13.3. The number of hydrogen-bond donors (Lipinski definition) is 0. The molecule has 6 heteroatoms. The maximum atomic E-state index is 14.0. The predicted octanol–water partition coefficient (Wildman–Crippen LogP) is 4.07. The van der Waals surface area contributed by atoms with Crippen molar-refractivity contribution in [1.82, 2.24) is 0 Å². The third-order valence-electron chi connectivity index (χ3n) is 3.33. The van der Waals surface area contributed by atoms with Crippen molar-refractivity contribution in [2.75, 3.05) is 4.90 Å². The SMILES string of the molecule is CC(C)(C)OC(=O)N1c2cc(F)cc(F)c2C(=O)CC1(C)C. The number of anilines is 1. The lowest BCUT2D eigenvalue weighted by molar-refractivity contribution is 0.0536. The molecule has 0 saturated carbocycles. The molecule has 1 heterocycles. The predicted molar refractivity (Wildman–Crippen MR) is 78.1 cm³/mol. The van der Waals surface area contributed by atoms with E-state index in [0.717, 1.165) is 11.0 Å². The summed E-state index contributed by atoms with van der Waals surface area (Å²) in [5, 5.41) is 0. The minimum absolute atomic E-state index is 0.0677. The summed E-state index contributed by atoms with van der Waals surface area (Å²) in [5.74, 6) is -2.28. The largest absolute Gasteiger partial charge is 0.443 e. The first-order valence-corrected chi connectivity index (χ1v) is 6.98. The van der Waals surface area contributed by atoms with Gasteiger partial charge in [0.05, 0.1) is 16.8 Å². The normalized spacial score (nSPS) is 17.2. The fourth-order valence-corrected chi connectivity index (χ4v) is 2.55. The second-order valence-corrected chi connectivity index (χ2v) is 7.01. The minimum Gasteiger partial charge on any atom is -0.443 e. The van der Waals surface area contributed by atoms with Crippen LogP contribution in [0, 0.1) is 11.6 Å². The van der Waals surface area contributed by atoms with E-state index in [2.05, 4.69) is 0 Å². The Labute approximate surface area is 128 Å². The Balaban J connectivity index is 2.60. The number of carbonyl (C=O) groups is 2. The van der Waals surface area contributed by atoms with Crippen molar-refractivity contribution in [3.63, 3.8) is 0 Å². The molecular weight excluding hydrogens is 292 g/mol. The van der Waals surface area contributed by atoms with Crippen molar-refractivity contribution in [3.8, 4) is 0 Å². The van der Waals surface area contributed by atoms with Crippen molar-refractivity contribution in [2.24, 2.45) is 0 Å². The standard InChI is InChI=1S/C16H19F2NO3/c1-15(2,3)22-14(21)19-11-7-9(17)6-10(18)13(11)12(20)8-16(19,4)5/h6-7H,8H2,1-5H3. The third-order valence-corrected chi connectivity index (χ3v) is 3.33. The lowest BCUT2D eigenvalue weighted by Gasteiger charge is -2.42. The number of fused-ring (bicyclic) bond motifs is 1. The summed E-state index contributed by atoms with van der Waals surface area (Å²) in [6.45, 7) is 8.39. The maximum absolute atomic E-state index is 14.0. The molecule has 1 amide bonds. The number of ether oxygens (including phenoxy) is 1. The molecule has 0 bridgehead atoms. The van der Waals surface area contributed by atoms with Crippen molar-refractivity contribution in [3.05, 3.63) is 29.3 Å². The van der Waals surface area contributed by atoms with Crippen LogP contribution >= 0.6 is 0 Å². The van der Waals surface area contributed by atoms with Gasteiger partial charge in [-0.05, 0) is 40.7 Å². The molecule has 0 unspecified atom stereocenters. The van der Waals surface area contributed by atoms with Crippen molar-refractivity contribution in [2.45, 2.75) is 52.2 Å². The van der Waals surface area contributed by atoms with E-state index in [1.165, 1.54) is 0 Å². The first kappa shape index (κ1) is 16.4. The quantitative estimate of drug-likeness (QED) is 0.725. The van der Waals surface area contributed by atoms with Crippen molar-refractivity contribution >= 4 is 17.6 Å². The summed E-state index contributed by atoms with van der Waals surface area (Å²) in [6, 6.07) is 1.63. The van der Waals surface area contributed by atoms with Crippen LogP contribution in [0.25, 0.3) is 0 Å². The summed E-state index contributed by atoms with van der Waals surface area (Å²) < 4.78 is 32.9. The molecule has 120 valence electrons. The van der Waals surface area contributed by atoms with E-state index in [1.807, 2.05) is 0 Å². The van der Waals surface area contributed by atoms with Crippen LogP contribution in [0.2, 0.25) is 0 Å². The molecule has 0 aromatic heterocycles. The molecular formula is C16H19F2NO3. The lowest BCUT2D eigenvalue weighted by Crippen LogP contribution is -2.54. The number of amides is 1. The molecule has 0 aliphatic carbocycles. The first-order chi connectivity index (χ1) is 9.92. The van der Waals surface area contributed by atoms with Gasteiger partial charge in [-0.15, -0.1) is 0 Å². The second kappa shape index (κ2) is 5.04. The Morgan fingerprint density at radius 3 is 2.41 bits per heavy atom. The maximum Gasteiger partial charge on any atom is 0.415 e. The van der Waals surface area contributed by atoms with Crippen LogP contribution < -0.4 is 4.90 Å². The van der Waals surface area contributed by atoms with Gasteiger partial charge in [-0.25, -0.2) is 13.6 Å². The molecule has 0 spiro atoms. The molecule has 0 saturated heterocycles. The molecule has 0 fully saturated rings. The van der Waals surface area contributed by atoms with Gasteiger partial charge in [0.15, 0.2) is 5.78 Å². The number of ketones is 1. The third kappa shape index (κ3) is 2.96. The summed E-state index contributed by atoms with van der Waals surface area (Å²) in [6.07, 6.45) is -0.807. The summed E-state index contributed by atoms with van der Waals surface area (Å²) >= 11 is 0. The Bertz CT molecular complexity index is 648. The number of carbonyl (C=O) groups excluding carboxylic acids is 2. The van der Waals surface area contributed by atoms with Crippen LogP contribution in [0.4, 0.5) is 19.3 Å². The van der Waals surface area contributed by atoms with Gasteiger partial charge in [0.25, 0.3) is 0 Å². The molecule has 2 rings (SSSR count). The fraction of sp³-hybridized carbons (Fsp3) is 0.500. The van der Waals surface area contributed by atoms with Gasteiger partial charge in [-0.3, -0.25) is 9.69 Å². The molecule has 22 heavy (non-hydrogen) atoms. The number of benzene rings is 1. The van der Waals surface area contributed by atoms with Gasteiger partial charge in [0.2, 0.25) is 0 Å². The average molecular weight is 311 g/mol. The molecule has 0 atom stereocenters. The summed E-state index contributed by atoms with van der Waals surface area (Å²) in [4.78, 5) is 25.8. The van der Waals surface area contributed by atoms with E-state index in [9.17, 15) is 18.4 Å². The zero-order valence-corrected chi connectivity index (χ0v) is 13.3. The molecule has 1 aromatic rings. The highest BCUT2D eigenvalue weighted by Crippen LogP contribution is 2.39. The fourth-order valence-electron chi connectivity index (χ4n) is 2.55. The van der Waals surface area contributed by atoms with Crippen LogP contribution in [0.5, 0.6) is 0 Å². The van der Waals surface area contributed by atoms with Crippen LogP contribution in [0.15, 0.2) is 12.1 Å². The van der Waals surface area contributed by atoms with E-state index in [4.69, 9.17) is 4.74 Å². The topological polar surface area (TPSA) is 46.6 Å². The number of nitrogens with zero attached hydrogens (tertiary/aromatic N) is 1. The molecule has 4 nitrogen and oxygen atoms in total. The zero-order chi connectivity index (χ0) is 16.9. The van der Waals surface area contributed by atoms with Gasteiger partial charge in [0.1, 0.15) is 17.2 Å². The van der Waals surface area contributed by atoms with E-state index >= 15 is 0 Å². The highest BCUT2D eigenvalue weighted by Gasteiger charge is 2.44. The van der Waals surface area contributed by atoms with E-state index in [0.29, 0.717) is 6.07 Å². The smallest absolute Gasteiger partial charge is 0.415 e. The Morgan fingerprint density at radius 2 is 1.86 bits per heavy atom. The lowest BCUT2D eigenvalue weighted by atomic mass is 9.86. The van der Waals surface area contributed by atoms with E-state index < -0.39 is 34.7 Å². The highest BCUT2D eigenvalue weighted by atomic mass is 19.1. The van der Waals surface area contributed by atoms with Crippen LogP contribution in [-0.4, -0.2) is 23.0 Å². The number of halogens is 2. The molecule has 0 N–H and O–H groups in total. The molecule has 0 radical (unpaired) electrons.